The summed E-state index contributed by atoms with van der Waals surface area (Å²) in [7, 11) is 0. The zero-order valence-electron chi connectivity index (χ0n) is 22.9. The first-order valence-corrected chi connectivity index (χ1v) is 15.2. The summed E-state index contributed by atoms with van der Waals surface area (Å²) in [5, 5.41) is 9.84. The summed E-state index contributed by atoms with van der Waals surface area (Å²) in [6, 6.07) is 15.1. The molecule has 1 fully saturated rings. The second kappa shape index (κ2) is 11.0. The van der Waals surface area contributed by atoms with Gasteiger partial charge in [-0.2, -0.15) is 0 Å². The van der Waals surface area contributed by atoms with E-state index in [9.17, 15) is 14.4 Å². The van der Waals surface area contributed by atoms with Gasteiger partial charge >= 0.3 is 0 Å². The standard InChI is InChI=1S/C31H31ClFIN4O3/c1-30(2,3)14-23-31(21-12-9-18(32)13-22(21)37-29(31)41)24(20-6-4-5-17(15-34)25(20)33)26(38-23)28(40)36-19-10-7-16(8-11-19)27(35)39/h4-13,23-24,26,38H,14-15H2,1-3H3,(H2,35,39)(H,36,40)(H,37,41)/t23-,24-,26+,31+/m0/s1. The zero-order valence-corrected chi connectivity index (χ0v) is 25.8. The van der Waals surface area contributed by atoms with E-state index in [1.165, 1.54) is 12.1 Å². The Hall–Kier alpha value is -3.02. The number of primary amides is 1. The van der Waals surface area contributed by atoms with E-state index < -0.39 is 41.0 Å². The minimum atomic E-state index is -1.30. The molecule has 2 heterocycles. The molecule has 214 valence electrons. The van der Waals surface area contributed by atoms with E-state index in [-0.39, 0.29) is 11.3 Å². The van der Waals surface area contributed by atoms with Gasteiger partial charge in [0.2, 0.25) is 17.7 Å². The zero-order chi connectivity index (χ0) is 29.7. The van der Waals surface area contributed by atoms with Gasteiger partial charge in [-0.3, -0.25) is 14.4 Å². The van der Waals surface area contributed by atoms with Crippen LogP contribution in [0.15, 0.2) is 60.7 Å². The molecular formula is C31H31ClFIN4O3. The average Bonchev–Trinajstić information content (AvgIpc) is 3.38. The van der Waals surface area contributed by atoms with Gasteiger partial charge in [0.15, 0.2) is 0 Å². The molecule has 3 amide bonds. The van der Waals surface area contributed by atoms with Crippen molar-refractivity contribution in [2.45, 2.75) is 55.0 Å². The van der Waals surface area contributed by atoms with Gasteiger partial charge in [-0.1, -0.05) is 79.2 Å². The number of nitrogens with two attached hydrogens (primary N) is 1. The fourth-order valence-corrected chi connectivity index (χ4v) is 7.03. The Bertz CT molecular complexity index is 1540. The van der Waals surface area contributed by atoms with Crippen molar-refractivity contribution < 1.29 is 18.8 Å². The molecule has 41 heavy (non-hydrogen) atoms. The molecule has 2 aliphatic heterocycles. The molecule has 0 radical (unpaired) electrons. The Morgan fingerprint density at radius 2 is 1.83 bits per heavy atom. The number of hydrogen-bond acceptors (Lipinski definition) is 4. The van der Waals surface area contributed by atoms with Crippen LogP contribution in [-0.2, 0) is 19.4 Å². The van der Waals surface area contributed by atoms with Crippen LogP contribution < -0.4 is 21.7 Å². The lowest BCUT2D eigenvalue weighted by Gasteiger charge is -2.37. The first-order chi connectivity index (χ1) is 19.4. The summed E-state index contributed by atoms with van der Waals surface area (Å²) in [6.07, 6.45) is 0.531. The van der Waals surface area contributed by atoms with Crippen LogP contribution in [0, 0.1) is 11.2 Å². The molecule has 5 rings (SSSR count). The number of amides is 3. The molecule has 3 aromatic carbocycles. The Morgan fingerprint density at radius 1 is 1.12 bits per heavy atom. The Morgan fingerprint density at radius 3 is 2.46 bits per heavy atom. The number of benzene rings is 3. The lowest BCUT2D eigenvalue weighted by molar-refractivity contribution is -0.122. The van der Waals surface area contributed by atoms with Crippen LogP contribution in [0.3, 0.4) is 0 Å². The molecule has 1 saturated heterocycles. The lowest BCUT2D eigenvalue weighted by Crippen LogP contribution is -2.49. The Balaban J connectivity index is 1.70. The van der Waals surface area contributed by atoms with Gasteiger partial charge in [0.25, 0.3) is 0 Å². The average molecular weight is 689 g/mol. The lowest BCUT2D eigenvalue weighted by atomic mass is 9.62. The maximum absolute atomic E-state index is 16.2. The summed E-state index contributed by atoms with van der Waals surface area (Å²) in [4.78, 5) is 39.8. The van der Waals surface area contributed by atoms with Crippen molar-refractivity contribution in [3.63, 3.8) is 0 Å². The molecule has 10 heteroatoms. The number of carbonyl (C=O) groups is 3. The number of anilines is 2. The highest BCUT2D eigenvalue weighted by Crippen LogP contribution is 2.57. The highest BCUT2D eigenvalue weighted by Gasteiger charge is 2.66. The first-order valence-electron chi connectivity index (χ1n) is 13.3. The smallest absolute Gasteiger partial charge is 0.248 e. The third-order valence-corrected chi connectivity index (χ3v) is 8.99. The fraction of sp³-hybridized carbons (Fsp3) is 0.323. The van der Waals surface area contributed by atoms with Crippen molar-refractivity contribution in [1.29, 1.82) is 0 Å². The van der Waals surface area contributed by atoms with Crippen LogP contribution in [0.1, 0.15) is 60.2 Å². The summed E-state index contributed by atoms with van der Waals surface area (Å²) in [5.74, 6) is -2.62. The minimum absolute atomic E-state index is 0.233. The van der Waals surface area contributed by atoms with Crippen LogP contribution in [0.2, 0.25) is 5.02 Å². The molecule has 2 aliphatic rings. The summed E-state index contributed by atoms with van der Waals surface area (Å²) in [6.45, 7) is 6.20. The SMILES string of the molecule is CC(C)(C)C[C@@H]1N[C@@H](C(=O)Nc2ccc(C(N)=O)cc2)[C@H](c2cccc(CI)c2F)[C@]12C(=O)Nc1cc(Cl)ccc12. The highest BCUT2D eigenvalue weighted by atomic mass is 127. The Kier molecular flexibility index (Phi) is 7.90. The van der Waals surface area contributed by atoms with Crippen molar-refractivity contribution >= 4 is 63.3 Å². The largest absolute Gasteiger partial charge is 0.366 e. The van der Waals surface area contributed by atoms with Crippen LogP contribution >= 0.6 is 34.2 Å². The number of nitrogens with one attached hydrogen (secondary N) is 3. The maximum atomic E-state index is 16.2. The summed E-state index contributed by atoms with van der Waals surface area (Å²) < 4.78 is 16.6. The van der Waals surface area contributed by atoms with E-state index >= 15 is 4.39 Å². The van der Waals surface area contributed by atoms with Gasteiger partial charge in [-0.05, 0) is 64.9 Å². The number of carbonyl (C=O) groups excluding carboxylic acids is 3. The third kappa shape index (κ3) is 5.23. The van der Waals surface area contributed by atoms with E-state index in [0.29, 0.717) is 49.5 Å². The van der Waals surface area contributed by atoms with Crippen LogP contribution in [-0.4, -0.2) is 29.8 Å². The topological polar surface area (TPSA) is 113 Å². The highest BCUT2D eigenvalue weighted by molar-refractivity contribution is 14.1. The van der Waals surface area contributed by atoms with Gasteiger partial charge in [0, 0.05) is 38.3 Å². The molecule has 0 unspecified atom stereocenters. The molecule has 0 bridgehead atoms. The van der Waals surface area contributed by atoms with Gasteiger partial charge in [0.1, 0.15) is 11.2 Å². The molecule has 0 saturated carbocycles. The van der Waals surface area contributed by atoms with Gasteiger partial charge in [-0.15, -0.1) is 0 Å². The molecule has 5 N–H and O–H groups in total. The maximum Gasteiger partial charge on any atom is 0.248 e. The number of halogens is 3. The molecule has 3 aromatic rings. The molecular weight excluding hydrogens is 658 g/mol. The van der Waals surface area contributed by atoms with E-state index in [4.69, 9.17) is 17.3 Å². The quantitative estimate of drug-likeness (QED) is 0.191. The predicted molar refractivity (Wildman–Crippen MR) is 167 cm³/mol. The number of fused-ring (bicyclic) bond motifs is 2. The van der Waals surface area contributed by atoms with Crippen LogP contribution in [0.25, 0.3) is 0 Å². The van der Waals surface area contributed by atoms with Gasteiger partial charge in [0.05, 0.1) is 6.04 Å². The number of alkyl halides is 1. The van der Waals surface area contributed by atoms with Gasteiger partial charge < -0.3 is 21.7 Å². The summed E-state index contributed by atoms with van der Waals surface area (Å²) in [5.41, 5.74) is 6.61. The van der Waals surface area contributed by atoms with E-state index in [1.54, 1.807) is 42.5 Å². The number of hydrogen-bond donors (Lipinski definition) is 4. The first kappa shape index (κ1) is 29.5. The fourth-order valence-electron chi connectivity index (χ4n) is 6.27. The third-order valence-electron chi connectivity index (χ3n) is 7.93. The van der Waals surface area contributed by atoms with E-state index in [1.807, 2.05) is 6.07 Å². The van der Waals surface area contributed by atoms with Crippen molar-refractivity contribution in [3.8, 4) is 0 Å². The normalized spacial score (nSPS) is 23.4. The van der Waals surface area contributed by atoms with Crippen LogP contribution in [0.5, 0.6) is 0 Å². The number of rotatable bonds is 6. The van der Waals surface area contributed by atoms with Gasteiger partial charge in [-0.25, -0.2) is 4.39 Å². The second-order valence-electron chi connectivity index (χ2n) is 11.8. The molecule has 7 nitrogen and oxygen atoms in total. The Labute approximate surface area is 256 Å². The monoisotopic (exact) mass is 688 g/mol. The van der Waals surface area contributed by atoms with Crippen LogP contribution in [0.4, 0.5) is 15.8 Å². The van der Waals surface area contributed by atoms with E-state index in [2.05, 4.69) is 59.3 Å². The van der Waals surface area contributed by atoms with Crippen molar-refractivity contribution in [2.75, 3.05) is 10.6 Å². The van der Waals surface area contributed by atoms with Crippen molar-refractivity contribution in [3.05, 3.63) is 93.8 Å². The summed E-state index contributed by atoms with van der Waals surface area (Å²) >= 11 is 8.41. The predicted octanol–water partition coefficient (Wildman–Crippen LogP) is 5.90. The van der Waals surface area contributed by atoms with Crippen molar-refractivity contribution in [2.24, 2.45) is 11.1 Å². The van der Waals surface area contributed by atoms with Crippen molar-refractivity contribution in [1.82, 2.24) is 5.32 Å². The molecule has 0 aromatic heterocycles. The molecule has 0 aliphatic carbocycles. The minimum Gasteiger partial charge on any atom is -0.366 e. The second-order valence-corrected chi connectivity index (χ2v) is 13.0. The molecule has 1 spiro atoms. The van der Waals surface area contributed by atoms with E-state index in [0.717, 1.165) is 0 Å². The molecule has 4 atom stereocenters.